The van der Waals surface area contributed by atoms with Gasteiger partial charge in [0.2, 0.25) is 0 Å². The van der Waals surface area contributed by atoms with Crippen LogP contribution in [0.4, 0.5) is 22.0 Å². The van der Waals surface area contributed by atoms with E-state index in [4.69, 9.17) is 0 Å². The SMILES string of the molecule is CCOC(=O)CCc1cc(OC(F)(F)F)ccc1OC(F)F. The van der Waals surface area contributed by atoms with Crippen molar-refractivity contribution < 1.29 is 41.0 Å². The summed E-state index contributed by atoms with van der Waals surface area (Å²) in [6, 6.07) is 2.66. The molecule has 0 bridgehead atoms. The third-order valence-electron chi connectivity index (χ3n) is 2.39. The summed E-state index contributed by atoms with van der Waals surface area (Å²) in [5, 5.41) is 0. The normalized spacial score (nSPS) is 11.4. The zero-order valence-corrected chi connectivity index (χ0v) is 11.5. The molecule has 0 aliphatic carbocycles. The average molecular weight is 328 g/mol. The summed E-state index contributed by atoms with van der Waals surface area (Å²) < 4.78 is 73.5. The van der Waals surface area contributed by atoms with Gasteiger partial charge in [-0.3, -0.25) is 4.79 Å². The smallest absolute Gasteiger partial charge is 0.466 e. The van der Waals surface area contributed by atoms with E-state index in [0.29, 0.717) is 0 Å². The summed E-state index contributed by atoms with van der Waals surface area (Å²) in [4.78, 5) is 11.2. The fraction of sp³-hybridized carbons (Fsp3) is 0.462. The number of alkyl halides is 5. The van der Waals surface area contributed by atoms with Gasteiger partial charge < -0.3 is 14.2 Å². The van der Waals surface area contributed by atoms with E-state index in [1.54, 1.807) is 6.92 Å². The highest BCUT2D eigenvalue weighted by Crippen LogP contribution is 2.30. The summed E-state index contributed by atoms with van der Waals surface area (Å²) in [5.74, 6) is -1.52. The molecule has 0 aliphatic rings. The van der Waals surface area contributed by atoms with Crippen LogP contribution in [0.2, 0.25) is 0 Å². The number of hydrogen-bond acceptors (Lipinski definition) is 4. The Kier molecular flexibility index (Phi) is 6.39. The number of carbonyl (C=O) groups excluding carboxylic acids is 1. The molecule has 0 unspecified atom stereocenters. The third kappa shape index (κ3) is 6.59. The van der Waals surface area contributed by atoms with Crippen LogP contribution in [0.15, 0.2) is 18.2 Å². The van der Waals surface area contributed by atoms with Crippen molar-refractivity contribution in [3.05, 3.63) is 23.8 Å². The van der Waals surface area contributed by atoms with Crippen LogP contribution in [-0.4, -0.2) is 25.6 Å². The Morgan fingerprint density at radius 2 is 1.95 bits per heavy atom. The molecule has 0 N–H and O–H groups in total. The van der Waals surface area contributed by atoms with Gasteiger partial charge in [-0.15, -0.1) is 13.2 Å². The zero-order chi connectivity index (χ0) is 16.8. The number of aryl methyl sites for hydroxylation is 1. The van der Waals surface area contributed by atoms with Crippen LogP contribution < -0.4 is 9.47 Å². The molecule has 0 spiro atoms. The molecule has 124 valence electrons. The van der Waals surface area contributed by atoms with E-state index in [-0.39, 0.29) is 30.8 Å². The summed E-state index contributed by atoms with van der Waals surface area (Å²) in [7, 11) is 0. The molecule has 1 aromatic rings. The highest BCUT2D eigenvalue weighted by Gasteiger charge is 2.31. The highest BCUT2D eigenvalue weighted by atomic mass is 19.4. The fourth-order valence-corrected chi connectivity index (χ4v) is 1.63. The van der Waals surface area contributed by atoms with E-state index in [1.165, 1.54) is 0 Å². The summed E-state index contributed by atoms with van der Waals surface area (Å²) >= 11 is 0. The monoisotopic (exact) mass is 328 g/mol. The minimum atomic E-state index is -4.91. The number of hydrogen-bond donors (Lipinski definition) is 0. The highest BCUT2D eigenvalue weighted by molar-refractivity contribution is 5.69. The largest absolute Gasteiger partial charge is 0.573 e. The summed E-state index contributed by atoms with van der Waals surface area (Å²) in [6.07, 6.45) is -5.23. The molecule has 0 aliphatic heterocycles. The average Bonchev–Trinajstić information content (AvgIpc) is 2.37. The van der Waals surface area contributed by atoms with Crippen molar-refractivity contribution in [1.82, 2.24) is 0 Å². The molecule has 0 saturated heterocycles. The second kappa shape index (κ2) is 7.81. The maximum atomic E-state index is 12.3. The lowest BCUT2D eigenvalue weighted by Crippen LogP contribution is -2.17. The predicted octanol–water partition coefficient (Wildman–Crippen LogP) is 3.68. The Labute approximate surface area is 122 Å². The molecule has 4 nitrogen and oxygen atoms in total. The van der Waals surface area contributed by atoms with E-state index in [2.05, 4.69) is 14.2 Å². The first kappa shape index (κ1) is 18.0. The maximum absolute atomic E-state index is 12.3. The van der Waals surface area contributed by atoms with Gasteiger partial charge >= 0.3 is 18.9 Å². The standard InChI is InChI=1S/C13H13F5O4/c1-2-20-11(19)6-3-8-7-9(22-13(16,17)18)4-5-10(8)21-12(14)15/h4-5,7,12H,2-3,6H2,1H3. The van der Waals surface area contributed by atoms with Crippen molar-refractivity contribution in [3.8, 4) is 11.5 Å². The number of carbonyl (C=O) groups is 1. The van der Waals surface area contributed by atoms with Crippen molar-refractivity contribution in [1.29, 1.82) is 0 Å². The number of benzene rings is 1. The second-order valence-corrected chi connectivity index (χ2v) is 4.00. The minimum absolute atomic E-state index is 0.0184. The molecule has 0 radical (unpaired) electrons. The van der Waals surface area contributed by atoms with Crippen LogP contribution in [0.1, 0.15) is 18.9 Å². The van der Waals surface area contributed by atoms with Crippen LogP contribution in [0.5, 0.6) is 11.5 Å². The van der Waals surface area contributed by atoms with Crippen molar-refractivity contribution in [2.24, 2.45) is 0 Å². The van der Waals surface area contributed by atoms with E-state index in [9.17, 15) is 26.7 Å². The Hall–Kier alpha value is -2.06. The summed E-state index contributed by atoms with van der Waals surface area (Å²) in [6.45, 7) is -1.42. The minimum Gasteiger partial charge on any atom is -0.466 e. The molecule has 9 heteroatoms. The molecule has 0 heterocycles. The van der Waals surface area contributed by atoms with Gasteiger partial charge in [-0.05, 0) is 37.1 Å². The molecule has 0 fully saturated rings. The van der Waals surface area contributed by atoms with E-state index in [0.717, 1.165) is 18.2 Å². The number of halogens is 5. The quantitative estimate of drug-likeness (QED) is 0.566. The Bertz CT molecular complexity index is 502. The number of ether oxygens (including phenoxy) is 3. The number of esters is 1. The molecular weight excluding hydrogens is 315 g/mol. The van der Waals surface area contributed by atoms with Crippen molar-refractivity contribution in [3.63, 3.8) is 0 Å². The van der Waals surface area contributed by atoms with Gasteiger partial charge in [0.25, 0.3) is 0 Å². The topological polar surface area (TPSA) is 44.8 Å². The van der Waals surface area contributed by atoms with Crippen molar-refractivity contribution in [2.75, 3.05) is 6.61 Å². The first-order valence-electron chi connectivity index (χ1n) is 6.20. The Morgan fingerprint density at radius 1 is 1.27 bits per heavy atom. The van der Waals surface area contributed by atoms with Gasteiger partial charge in [0, 0.05) is 6.42 Å². The van der Waals surface area contributed by atoms with Gasteiger partial charge in [-0.1, -0.05) is 0 Å². The molecule has 0 atom stereocenters. The molecule has 0 amide bonds. The lowest BCUT2D eigenvalue weighted by Gasteiger charge is -2.14. The van der Waals surface area contributed by atoms with E-state index in [1.807, 2.05) is 0 Å². The van der Waals surface area contributed by atoms with Crippen molar-refractivity contribution in [2.45, 2.75) is 32.7 Å². The maximum Gasteiger partial charge on any atom is 0.573 e. The molecular formula is C13H13F5O4. The van der Waals surface area contributed by atoms with Crippen LogP contribution in [-0.2, 0) is 16.0 Å². The Balaban J connectivity index is 2.91. The van der Waals surface area contributed by atoms with E-state index < -0.39 is 24.7 Å². The zero-order valence-electron chi connectivity index (χ0n) is 11.5. The van der Waals surface area contributed by atoms with Gasteiger partial charge in [-0.25, -0.2) is 0 Å². The molecule has 22 heavy (non-hydrogen) atoms. The van der Waals surface area contributed by atoms with Gasteiger partial charge in [0.1, 0.15) is 11.5 Å². The second-order valence-electron chi connectivity index (χ2n) is 4.00. The molecule has 0 aromatic heterocycles. The Morgan fingerprint density at radius 3 is 2.50 bits per heavy atom. The van der Waals surface area contributed by atoms with Crippen LogP contribution >= 0.6 is 0 Å². The molecule has 0 saturated carbocycles. The van der Waals surface area contributed by atoms with Crippen LogP contribution in [0.25, 0.3) is 0 Å². The predicted molar refractivity (Wildman–Crippen MR) is 64.7 cm³/mol. The first-order chi connectivity index (χ1) is 10.2. The van der Waals surface area contributed by atoms with Crippen molar-refractivity contribution >= 4 is 5.97 Å². The summed E-state index contributed by atoms with van der Waals surface area (Å²) in [5.41, 5.74) is -0.0184. The number of rotatable bonds is 7. The molecule has 1 rings (SSSR count). The van der Waals surface area contributed by atoms with Crippen LogP contribution in [0.3, 0.4) is 0 Å². The first-order valence-corrected chi connectivity index (χ1v) is 6.20. The van der Waals surface area contributed by atoms with Gasteiger partial charge in [-0.2, -0.15) is 8.78 Å². The lowest BCUT2D eigenvalue weighted by atomic mass is 10.1. The van der Waals surface area contributed by atoms with E-state index >= 15 is 0 Å². The third-order valence-corrected chi connectivity index (χ3v) is 2.39. The van der Waals surface area contributed by atoms with Crippen LogP contribution in [0, 0.1) is 0 Å². The van der Waals surface area contributed by atoms with Gasteiger partial charge in [0.15, 0.2) is 0 Å². The lowest BCUT2D eigenvalue weighted by molar-refractivity contribution is -0.274. The fourth-order valence-electron chi connectivity index (χ4n) is 1.63. The van der Waals surface area contributed by atoms with Gasteiger partial charge in [0.05, 0.1) is 6.61 Å². The molecule has 1 aromatic carbocycles.